The number of aliphatic hydroxyl groups is 2. The Morgan fingerprint density at radius 2 is 1.03 bits per heavy atom. The molecule has 4 heterocycles. The van der Waals surface area contributed by atoms with Gasteiger partial charge in [-0.25, -0.2) is 10.9 Å². The minimum Gasteiger partial charge on any atom is -0.870 e. The average molecular weight is 1690 g/mol. The van der Waals surface area contributed by atoms with E-state index < -0.39 is 115 Å². The Morgan fingerprint density at radius 3 is 1.37 bits per heavy atom. The molecule has 4 fully saturated rings. The summed E-state index contributed by atoms with van der Waals surface area (Å²) in [6.45, 7) is 22.2. The molecule has 602 valence electrons. The van der Waals surface area contributed by atoms with Gasteiger partial charge in [0.15, 0.2) is 0 Å². The smallest absolute Gasteiger partial charge is 0.870 e. The number of benzene rings is 2. The molecule has 2 aromatic heterocycles. The van der Waals surface area contributed by atoms with E-state index in [1.807, 2.05) is 114 Å². The molecule has 4 aromatic rings. The summed E-state index contributed by atoms with van der Waals surface area (Å²) in [6, 6.07) is 11.3. The number of ether oxygens (including phenoxy) is 3. The summed E-state index contributed by atoms with van der Waals surface area (Å²) < 4.78 is 71.4. The van der Waals surface area contributed by atoms with E-state index in [-0.39, 0.29) is 72.4 Å². The van der Waals surface area contributed by atoms with E-state index in [2.05, 4.69) is 40.6 Å². The number of alkyl halides is 9. The first-order valence-corrected chi connectivity index (χ1v) is 41.9. The number of hydrogen-bond acceptors (Lipinski definition) is 21. The van der Waals surface area contributed by atoms with Crippen LogP contribution in [-0.2, 0) is 66.6 Å². The summed E-state index contributed by atoms with van der Waals surface area (Å²) in [5.41, 5.74) is 2.29. The number of carbonyl (C=O) groups excluding carboxylic acids is 8. The third kappa shape index (κ3) is 31.1. The summed E-state index contributed by atoms with van der Waals surface area (Å²) in [7, 11) is -8.10. The number of aromatic nitrogens is 2. The van der Waals surface area contributed by atoms with Crippen molar-refractivity contribution in [3.63, 3.8) is 0 Å². The number of esters is 3. The van der Waals surface area contributed by atoms with Crippen molar-refractivity contribution >= 4 is 169 Å². The molecule has 0 unspecified atom stereocenters. The molecule has 109 heavy (non-hydrogen) atoms. The van der Waals surface area contributed by atoms with Gasteiger partial charge >= 0.3 is 52.4 Å². The predicted octanol–water partition coefficient (Wildman–Crippen LogP) is 8.49. The van der Waals surface area contributed by atoms with Crippen molar-refractivity contribution in [2.24, 2.45) is 28.6 Å². The summed E-state index contributed by atoms with van der Waals surface area (Å²) in [5.74, 6) is -3.43. The first-order valence-electron chi connectivity index (χ1n) is 34.8. The first-order chi connectivity index (χ1) is 49.5. The van der Waals surface area contributed by atoms with Crippen LogP contribution in [0.1, 0.15) is 155 Å². The Kier molecular flexibility index (Phi) is 37.7. The second kappa shape index (κ2) is 42.1. The molecule has 8 rings (SSSR count). The van der Waals surface area contributed by atoms with E-state index in [1.54, 1.807) is 33.0 Å². The van der Waals surface area contributed by atoms with Gasteiger partial charge in [-0.05, 0) is 176 Å². The van der Waals surface area contributed by atoms with Crippen LogP contribution in [-0.4, -0.2) is 176 Å². The molecular weight excluding hydrogens is 1590 g/mol. The maximum Gasteiger partial charge on any atom is 1.00 e. The second-order valence-corrected chi connectivity index (χ2v) is 39.6. The fraction of sp³-hybridized carbons (Fsp3) is 0.577. The molecule has 4 aliphatic rings. The van der Waals surface area contributed by atoms with Crippen molar-refractivity contribution in [2.75, 3.05) is 32.9 Å². The zero-order chi connectivity index (χ0) is 80.5. The molecule has 2 aliphatic heterocycles. The van der Waals surface area contributed by atoms with Gasteiger partial charge in [-0.2, -0.15) is 21.6 Å². The number of fused-ring (bicyclic) bond motifs is 2. The molecule has 5 amide bonds. The maximum absolute atomic E-state index is 13.4. The van der Waals surface area contributed by atoms with Crippen molar-refractivity contribution in [1.82, 2.24) is 46.8 Å². The molecular formula is C71H97Cl6F3LiN9O17SSi. The van der Waals surface area contributed by atoms with Crippen molar-refractivity contribution in [1.29, 1.82) is 0 Å². The van der Waals surface area contributed by atoms with Gasteiger partial charge in [-0.15, -0.1) is 0 Å². The fourth-order valence-corrected chi connectivity index (χ4v) is 13.8. The van der Waals surface area contributed by atoms with Gasteiger partial charge in [-0.3, -0.25) is 58.3 Å². The molecule has 2 saturated heterocycles. The molecule has 8 N–H and O–H groups in total. The molecule has 0 radical (unpaired) electrons. The normalized spacial score (nSPS) is 18.6. The molecule has 0 spiro atoms. The number of halogens is 9. The number of aliphatic hydroxyl groups excluding tert-OH is 2. The maximum atomic E-state index is 13.4. The number of rotatable bonds is 24. The molecule has 26 nitrogen and oxygen atoms in total. The number of nitrogens with one attached hydrogen (secondary N) is 5. The minimum absolute atomic E-state index is 0. The zero-order valence-corrected chi connectivity index (χ0v) is 69.6. The quantitative estimate of drug-likeness (QED) is 0.0114. The Labute approximate surface area is 676 Å². The van der Waals surface area contributed by atoms with Crippen LogP contribution < -0.4 is 45.7 Å². The van der Waals surface area contributed by atoms with Gasteiger partial charge in [0, 0.05) is 42.2 Å². The predicted molar refractivity (Wildman–Crippen MR) is 408 cm³/mol. The monoisotopic (exact) mass is 1680 g/mol. The summed E-state index contributed by atoms with van der Waals surface area (Å²) in [6.07, 6.45) is 14.9. The number of carbonyl (C=O) groups is 8. The average Bonchev–Trinajstić information content (AvgIpc) is 1.64. The molecule has 2 aromatic carbocycles. The standard InChI is InChI=1S/C32H40Cl3N5O6.C19H21NO3.C16H26Cl3N3O4.C4H9F3O3SSi.Li.H2O/c1-18(2)26(27(42)37-19(3)28(43)40-13-5-6-25(39-40)29(44)46-17-32(33,34)35)38-30(45)31(11-12-31)10-9-24-15-23-14-21(20(4)41)7-8-22(23)16-36-24;1-3-23-18(22)19(8-9-19)7-6-17-11-16-10-14(13(2)21)4-5-15(16)12-20-17;1-9(2)10(3)13(23)20-11(4)14(24)22-7-5-6-12(21-22)15(25)26-8-16(17,18)19;1-12(2,3)10-11(8,9)4(5,6)7;;/h7-10,14-16,18-20,25-26,39,41H,5-6,11-13,17H2,1-4H3,(H,37,42)(H,38,45);4-7,10-13,21H,3,8-9H2,1-2H3;9-12,21H,5-8H2,1-4H3,(H,20,23);1-3H3;;1H2/q;;;;+1;/p-1/b10-9+;7-6+;;;;/t19-,20+,25-,26-;13-;10-,11-,12-;;;/m010.../s1. The van der Waals surface area contributed by atoms with Crippen molar-refractivity contribution in [3.05, 3.63) is 95.6 Å². The topological polar surface area (TPSA) is 370 Å². The first kappa shape index (κ1) is 97.8. The van der Waals surface area contributed by atoms with Crippen LogP contribution in [0.4, 0.5) is 13.2 Å². The van der Waals surface area contributed by atoms with Gasteiger partial charge in [0.25, 0.3) is 11.8 Å². The Morgan fingerprint density at radius 1 is 0.624 bits per heavy atom. The number of hydrogen-bond donors (Lipinski definition) is 7. The Balaban J connectivity index is 0.000000415. The van der Waals surface area contributed by atoms with Gasteiger partial charge in [0.2, 0.25) is 33.6 Å². The van der Waals surface area contributed by atoms with E-state index in [0.717, 1.165) is 51.2 Å². The molecule has 0 bridgehead atoms. The largest absolute Gasteiger partial charge is 1.00 e. The van der Waals surface area contributed by atoms with Gasteiger partial charge in [-0.1, -0.05) is 141 Å². The van der Waals surface area contributed by atoms with Crippen LogP contribution >= 0.6 is 69.6 Å². The second-order valence-electron chi connectivity index (χ2n) is 28.3. The third-order valence-electron chi connectivity index (χ3n) is 17.3. The van der Waals surface area contributed by atoms with Crippen molar-refractivity contribution in [2.45, 2.75) is 196 Å². The van der Waals surface area contributed by atoms with E-state index in [1.165, 1.54) is 36.6 Å². The minimum atomic E-state index is -5.39. The SMILES string of the molecule is CC(C)[C@H](C)C(=O)N[C@@H](C)C(=O)N1CCC[C@@H](C(=O)OCC(Cl)(Cl)Cl)N1.CC(C)[C@H](NC(=O)C1(/C=C/c2cc3cc([C@@H](C)O)ccc3cn2)CC1)C(=O)N[C@@H](C)C(=O)N1CCC[C@@H](C(=O)OCC(Cl)(Cl)Cl)N1.CCOC(=O)C1(/C=C/c2cc3cc([C@@H](C)O)ccc3cn2)CC1.C[Si](C)(C)OS(=O)(=O)C(F)(F)F.[Li+].[OH-]. The van der Waals surface area contributed by atoms with Crippen LogP contribution in [0.3, 0.4) is 0 Å². The van der Waals surface area contributed by atoms with Crippen LogP contribution in [0.5, 0.6) is 0 Å². The Hall–Kier alpha value is -5.45. The number of pyridine rings is 2. The van der Waals surface area contributed by atoms with Gasteiger partial charge < -0.3 is 49.7 Å². The van der Waals surface area contributed by atoms with Gasteiger partial charge in [0.1, 0.15) is 43.4 Å². The van der Waals surface area contributed by atoms with Crippen LogP contribution in [0.2, 0.25) is 19.6 Å². The van der Waals surface area contributed by atoms with E-state index >= 15 is 0 Å². The van der Waals surface area contributed by atoms with Crippen LogP contribution in [0, 0.1) is 28.6 Å². The van der Waals surface area contributed by atoms with Gasteiger partial charge in [0.05, 0.1) is 41.0 Å². The fourth-order valence-electron chi connectivity index (χ4n) is 10.5. The van der Waals surface area contributed by atoms with E-state index in [4.69, 9.17) is 83.8 Å². The summed E-state index contributed by atoms with van der Waals surface area (Å²) in [4.78, 5) is 110. The number of amides is 5. The number of nitrogens with zero attached hydrogens (tertiary/aromatic N) is 4. The summed E-state index contributed by atoms with van der Waals surface area (Å²) >= 11 is 33.6. The van der Waals surface area contributed by atoms with E-state index in [9.17, 15) is 70.2 Å². The molecule has 8 atom stereocenters. The molecule has 2 saturated carbocycles. The molecule has 38 heteroatoms. The zero-order valence-electron chi connectivity index (χ0n) is 63.2. The number of hydrazine groups is 2. The Bertz CT molecular complexity index is 3980. The molecule has 2 aliphatic carbocycles. The third-order valence-corrected chi connectivity index (χ3v) is 21.4. The van der Waals surface area contributed by atoms with E-state index in [0.29, 0.717) is 63.9 Å². The van der Waals surface area contributed by atoms with Crippen LogP contribution in [0.25, 0.3) is 33.7 Å². The summed E-state index contributed by atoms with van der Waals surface area (Å²) in [5, 5.41) is 34.5. The van der Waals surface area contributed by atoms with Crippen molar-refractivity contribution in [3.8, 4) is 0 Å². The van der Waals surface area contributed by atoms with Crippen LogP contribution in [0.15, 0.2) is 73.1 Å². The van der Waals surface area contributed by atoms with Crippen molar-refractivity contribution < 1.29 is 113 Å².